The van der Waals surface area contributed by atoms with Crippen molar-refractivity contribution in [2.24, 2.45) is 0 Å². The van der Waals surface area contributed by atoms with E-state index in [-0.39, 0.29) is 11.7 Å². The zero-order valence-corrected chi connectivity index (χ0v) is 13.2. The van der Waals surface area contributed by atoms with Gasteiger partial charge in [-0.3, -0.25) is 10.1 Å². The molecule has 0 amide bonds. The summed E-state index contributed by atoms with van der Waals surface area (Å²) in [6.07, 6.45) is 0. The molecule has 0 saturated carbocycles. The van der Waals surface area contributed by atoms with Gasteiger partial charge in [0.15, 0.2) is 5.82 Å². The smallest absolute Gasteiger partial charge is 0.269 e. The van der Waals surface area contributed by atoms with E-state index in [0.29, 0.717) is 29.8 Å². The monoisotopic (exact) mass is 334 g/mol. The molecule has 0 aliphatic carbocycles. The average Bonchev–Trinajstić information content (AvgIpc) is 2.55. The number of nitro groups is 1. The highest BCUT2D eigenvalue weighted by Gasteiger charge is 2.21. The molecule has 0 spiro atoms. The van der Waals surface area contributed by atoms with Crippen molar-refractivity contribution in [3.05, 3.63) is 45.6 Å². The molecule has 0 N–H and O–H groups in total. The van der Waals surface area contributed by atoms with Crippen molar-refractivity contribution in [3.63, 3.8) is 0 Å². The lowest BCUT2D eigenvalue weighted by molar-refractivity contribution is -0.384. The Morgan fingerprint density at radius 2 is 2.09 bits per heavy atom. The van der Waals surface area contributed by atoms with Crippen LogP contribution in [-0.4, -0.2) is 40.7 Å². The van der Waals surface area contributed by atoms with Gasteiger partial charge in [0, 0.05) is 30.3 Å². The van der Waals surface area contributed by atoms with E-state index in [1.54, 1.807) is 18.2 Å². The Balaban J connectivity index is 1.95. The summed E-state index contributed by atoms with van der Waals surface area (Å²) in [6, 6.07) is 8.01. The van der Waals surface area contributed by atoms with Crippen molar-refractivity contribution in [1.82, 2.24) is 9.97 Å². The van der Waals surface area contributed by atoms with Gasteiger partial charge in [0.1, 0.15) is 11.0 Å². The molecule has 8 heteroatoms. The molecule has 0 bridgehead atoms. The van der Waals surface area contributed by atoms with E-state index in [9.17, 15) is 10.1 Å². The highest BCUT2D eigenvalue weighted by atomic mass is 35.5. The Morgan fingerprint density at radius 1 is 1.35 bits per heavy atom. The van der Waals surface area contributed by atoms with Gasteiger partial charge < -0.3 is 9.64 Å². The minimum atomic E-state index is -0.441. The van der Waals surface area contributed by atoms with Gasteiger partial charge >= 0.3 is 0 Å². The number of benzene rings is 1. The van der Waals surface area contributed by atoms with E-state index < -0.39 is 4.92 Å². The third-order valence-corrected chi connectivity index (χ3v) is 3.87. The molecule has 7 nitrogen and oxygen atoms in total. The van der Waals surface area contributed by atoms with Gasteiger partial charge in [-0.25, -0.2) is 9.97 Å². The van der Waals surface area contributed by atoms with Crippen molar-refractivity contribution in [3.8, 4) is 11.4 Å². The first-order chi connectivity index (χ1) is 11.0. The summed E-state index contributed by atoms with van der Waals surface area (Å²) >= 11 is 6.13. The minimum absolute atomic E-state index is 0.0257. The number of halogens is 1. The van der Waals surface area contributed by atoms with Crippen molar-refractivity contribution in [2.75, 3.05) is 24.7 Å². The van der Waals surface area contributed by atoms with E-state index in [2.05, 4.69) is 21.8 Å². The van der Waals surface area contributed by atoms with Crippen LogP contribution < -0.4 is 4.90 Å². The Morgan fingerprint density at radius 3 is 2.74 bits per heavy atom. The first-order valence-electron chi connectivity index (χ1n) is 7.18. The van der Waals surface area contributed by atoms with Gasteiger partial charge in [-0.15, -0.1) is 0 Å². The lowest BCUT2D eigenvalue weighted by Crippen LogP contribution is -2.44. The molecule has 1 aliphatic rings. The standard InChI is InChI=1S/C15H15ClN4O3/c1-10-9-23-7-6-19(10)14-8-13(16)17-15(18-14)11-2-4-12(5-3-11)20(21)22/h2-5,8,10H,6-7,9H2,1H3. The van der Waals surface area contributed by atoms with Crippen LogP contribution in [0, 0.1) is 10.1 Å². The highest BCUT2D eigenvalue weighted by Crippen LogP contribution is 2.26. The van der Waals surface area contributed by atoms with Crippen LogP contribution in [-0.2, 0) is 4.74 Å². The highest BCUT2D eigenvalue weighted by molar-refractivity contribution is 6.29. The minimum Gasteiger partial charge on any atom is -0.377 e. The maximum absolute atomic E-state index is 10.7. The second-order valence-electron chi connectivity index (χ2n) is 5.29. The summed E-state index contributed by atoms with van der Waals surface area (Å²) in [5.41, 5.74) is 0.707. The number of morpholine rings is 1. The number of nitrogens with zero attached hydrogens (tertiary/aromatic N) is 4. The summed E-state index contributed by atoms with van der Waals surface area (Å²) in [5.74, 6) is 1.18. The molecule has 1 fully saturated rings. The first kappa shape index (κ1) is 15.6. The van der Waals surface area contributed by atoms with Crippen LogP contribution in [0.3, 0.4) is 0 Å². The molecule has 2 heterocycles. The van der Waals surface area contributed by atoms with E-state index in [0.717, 1.165) is 12.4 Å². The Labute approximate surface area is 138 Å². The molecule has 1 aliphatic heterocycles. The maximum Gasteiger partial charge on any atom is 0.269 e. The van der Waals surface area contributed by atoms with Crippen molar-refractivity contribution < 1.29 is 9.66 Å². The average molecular weight is 335 g/mol. The topological polar surface area (TPSA) is 81.4 Å². The van der Waals surface area contributed by atoms with Crippen LogP contribution >= 0.6 is 11.6 Å². The number of aromatic nitrogens is 2. The third kappa shape index (κ3) is 3.40. The molecular formula is C15H15ClN4O3. The Hall–Kier alpha value is -2.25. The Bertz CT molecular complexity index is 723. The molecule has 1 aromatic heterocycles. The zero-order chi connectivity index (χ0) is 16.4. The van der Waals surface area contributed by atoms with Crippen LogP contribution in [0.5, 0.6) is 0 Å². The predicted molar refractivity (Wildman–Crippen MR) is 86.8 cm³/mol. The molecule has 1 unspecified atom stereocenters. The van der Waals surface area contributed by atoms with Crippen LogP contribution in [0.4, 0.5) is 11.5 Å². The first-order valence-corrected chi connectivity index (χ1v) is 7.56. The zero-order valence-electron chi connectivity index (χ0n) is 12.5. The number of ether oxygens (including phenoxy) is 1. The van der Waals surface area contributed by atoms with Crippen molar-refractivity contribution >= 4 is 23.1 Å². The molecule has 1 saturated heterocycles. The maximum atomic E-state index is 10.7. The second kappa shape index (κ2) is 6.47. The number of rotatable bonds is 3. The lowest BCUT2D eigenvalue weighted by atomic mass is 10.2. The number of hydrogen-bond donors (Lipinski definition) is 0. The van der Waals surface area contributed by atoms with Crippen molar-refractivity contribution in [1.29, 1.82) is 0 Å². The van der Waals surface area contributed by atoms with Gasteiger partial charge in [0.05, 0.1) is 24.2 Å². The van der Waals surface area contributed by atoms with Crippen LogP contribution in [0.25, 0.3) is 11.4 Å². The number of anilines is 1. The third-order valence-electron chi connectivity index (χ3n) is 3.68. The summed E-state index contributed by atoms with van der Waals surface area (Å²) in [6.45, 7) is 4.06. The second-order valence-corrected chi connectivity index (χ2v) is 5.68. The summed E-state index contributed by atoms with van der Waals surface area (Å²) in [5, 5.41) is 11.1. The largest absolute Gasteiger partial charge is 0.377 e. The molecule has 2 aromatic rings. The fraction of sp³-hybridized carbons (Fsp3) is 0.333. The normalized spacial score (nSPS) is 18.0. The van der Waals surface area contributed by atoms with E-state index in [1.807, 2.05) is 0 Å². The molecular weight excluding hydrogens is 320 g/mol. The van der Waals surface area contributed by atoms with Crippen LogP contribution in [0.1, 0.15) is 6.92 Å². The molecule has 3 rings (SSSR count). The number of non-ortho nitro benzene ring substituents is 1. The lowest BCUT2D eigenvalue weighted by Gasteiger charge is -2.34. The van der Waals surface area contributed by atoms with Crippen molar-refractivity contribution in [2.45, 2.75) is 13.0 Å². The van der Waals surface area contributed by atoms with Crippen LogP contribution in [0.15, 0.2) is 30.3 Å². The summed E-state index contributed by atoms with van der Waals surface area (Å²) in [7, 11) is 0. The number of nitro benzene ring substituents is 1. The molecule has 23 heavy (non-hydrogen) atoms. The fourth-order valence-corrected chi connectivity index (χ4v) is 2.66. The van der Waals surface area contributed by atoms with Gasteiger partial charge in [-0.05, 0) is 19.1 Å². The van der Waals surface area contributed by atoms with E-state index >= 15 is 0 Å². The van der Waals surface area contributed by atoms with Crippen LogP contribution in [0.2, 0.25) is 5.15 Å². The molecule has 120 valence electrons. The van der Waals surface area contributed by atoms with Gasteiger partial charge in [0.2, 0.25) is 0 Å². The molecule has 0 radical (unpaired) electrons. The Kier molecular flexibility index (Phi) is 4.40. The fourth-order valence-electron chi connectivity index (χ4n) is 2.48. The van der Waals surface area contributed by atoms with Gasteiger partial charge in [-0.2, -0.15) is 0 Å². The van der Waals surface area contributed by atoms with E-state index in [4.69, 9.17) is 16.3 Å². The van der Waals surface area contributed by atoms with Gasteiger partial charge in [0.25, 0.3) is 5.69 Å². The SMILES string of the molecule is CC1COCCN1c1cc(Cl)nc(-c2ccc([N+](=O)[O-])cc2)n1. The van der Waals surface area contributed by atoms with E-state index in [1.165, 1.54) is 12.1 Å². The summed E-state index contributed by atoms with van der Waals surface area (Å²) in [4.78, 5) is 21.2. The molecule has 1 atom stereocenters. The quantitative estimate of drug-likeness (QED) is 0.487. The predicted octanol–water partition coefficient (Wildman–Crippen LogP) is 2.93. The van der Waals surface area contributed by atoms with Gasteiger partial charge in [-0.1, -0.05) is 11.6 Å². The summed E-state index contributed by atoms with van der Waals surface area (Å²) < 4.78 is 5.43. The number of hydrogen-bond acceptors (Lipinski definition) is 6. The molecule has 1 aromatic carbocycles.